The lowest BCUT2D eigenvalue weighted by Gasteiger charge is -2.09. The Bertz CT molecular complexity index is 705. The van der Waals surface area contributed by atoms with Gasteiger partial charge in [0.1, 0.15) is 0 Å². The second kappa shape index (κ2) is 8.98. The number of phenolic OH excluding ortho intramolecular Hbond substituents is 1. The van der Waals surface area contributed by atoms with Gasteiger partial charge >= 0.3 is 0 Å². The second-order valence-corrected chi connectivity index (χ2v) is 6.38. The predicted molar refractivity (Wildman–Crippen MR) is 96.8 cm³/mol. The van der Waals surface area contributed by atoms with Gasteiger partial charge in [0.25, 0.3) is 5.91 Å². The summed E-state index contributed by atoms with van der Waals surface area (Å²) < 4.78 is 5.31. The van der Waals surface area contributed by atoms with Crippen molar-refractivity contribution in [2.75, 3.05) is 6.61 Å². The van der Waals surface area contributed by atoms with E-state index in [1.165, 1.54) is 24.0 Å². The van der Waals surface area contributed by atoms with Crippen molar-refractivity contribution >= 4 is 23.9 Å². The van der Waals surface area contributed by atoms with E-state index in [0.717, 1.165) is 10.5 Å². The lowest BCUT2D eigenvalue weighted by molar-refractivity contribution is -0.120. The van der Waals surface area contributed by atoms with Crippen LogP contribution in [0, 0.1) is 0 Å². The average Bonchev–Trinajstić information content (AvgIpc) is 2.58. The summed E-state index contributed by atoms with van der Waals surface area (Å²) in [6.45, 7) is 4.13. The molecule has 5 nitrogen and oxygen atoms in total. The number of thioether (sulfide) groups is 1. The molecule has 0 aliphatic rings. The largest absolute Gasteiger partial charge is 0.504 e. The highest BCUT2D eigenvalue weighted by molar-refractivity contribution is 8.00. The number of hydrogen-bond acceptors (Lipinski definition) is 5. The molecule has 1 amide bonds. The third-order valence-corrected chi connectivity index (χ3v) is 4.21. The summed E-state index contributed by atoms with van der Waals surface area (Å²) in [6, 6.07) is 14.6. The number of nitrogens with zero attached hydrogens (tertiary/aromatic N) is 1. The number of rotatable bonds is 7. The van der Waals surface area contributed by atoms with Crippen molar-refractivity contribution in [2.45, 2.75) is 24.0 Å². The standard InChI is InChI=1S/C18H20N2O3S/c1-3-23-17-11-14(9-10-16(17)21)12-19-20-18(22)13(2)24-15-7-5-4-6-8-15/h4-13,21H,3H2,1-2H3,(H,20,22)/b19-12+. The summed E-state index contributed by atoms with van der Waals surface area (Å²) in [6.07, 6.45) is 1.51. The smallest absolute Gasteiger partial charge is 0.253 e. The lowest BCUT2D eigenvalue weighted by Crippen LogP contribution is -2.26. The highest BCUT2D eigenvalue weighted by atomic mass is 32.2. The van der Waals surface area contributed by atoms with Gasteiger partial charge in [-0.1, -0.05) is 18.2 Å². The number of carbonyl (C=O) groups excluding carboxylic acids is 1. The van der Waals surface area contributed by atoms with Gasteiger partial charge in [-0.25, -0.2) is 5.43 Å². The molecule has 0 radical (unpaired) electrons. The van der Waals surface area contributed by atoms with Gasteiger partial charge in [-0.2, -0.15) is 5.10 Å². The molecule has 2 N–H and O–H groups in total. The van der Waals surface area contributed by atoms with Crippen LogP contribution in [0.3, 0.4) is 0 Å². The first-order chi connectivity index (χ1) is 11.6. The summed E-state index contributed by atoms with van der Waals surface area (Å²) in [5, 5.41) is 13.3. The summed E-state index contributed by atoms with van der Waals surface area (Å²) in [5.74, 6) is 0.288. The molecular formula is C18H20N2O3S. The minimum absolute atomic E-state index is 0.0749. The fourth-order valence-electron chi connectivity index (χ4n) is 1.90. The van der Waals surface area contributed by atoms with Crippen LogP contribution in [0.1, 0.15) is 19.4 Å². The first kappa shape index (κ1) is 17.9. The van der Waals surface area contributed by atoms with Crippen molar-refractivity contribution in [3.05, 3.63) is 54.1 Å². The van der Waals surface area contributed by atoms with Crippen molar-refractivity contribution in [1.82, 2.24) is 5.43 Å². The Morgan fingerprint density at radius 1 is 1.33 bits per heavy atom. The molecule has 0 saturated heterocycles. The van der Waals surface area contributed by atoms with Crippen LogP contribution in [-0.2, 0) is 4.79 Å². The first-order valence-corrected chi connectivity index (χ1v) is 8.48. The quantitative estimate of drug-likeness (QED) is 0.459. The number of carbonyl (C=O) groups is 1. The molecule has 6 heteroatoms. The average molecular weight is 344 g/mol. The van der Waals surface area contributed by atoms with E-state index >= 15 is 0 Å². The van der Waals surface area contributed by atoms with Crippen LogP contribution in [0.15, 0.2) is 58.5 Å². The maximum Gasteiger partial charge on any atom is 0.253 e. The predicted octanol–water partition coefficient (Wildman–Crippen LogP) is 3.42. The molecule has 2 aromatic carbocycles. The fraction of sp³-hybridized carbons (Fsp3) is 0.222. The van der Waals surface area contributed by atoms with E-state index in [4.69, 9.17) is 4.74 Å². The van der Waals surface area contributed by atoms with Crippen molar-refractivity contribution in [1.29, 1.82) is 0 Å². The zero-order valence-corrected chi connectivity index (χ0v) is 14.4. The molecule has 0 spiro atoms. The van der Waals surface area contributed by atoms with E-state index in [9.17, 15) is 9.90 Å². The van der Waals surface area contributed by atoms with E-state index < -0.39 is 0 Å². The van der Waals surface area contributed by atoms with Crippen molar-refractivity contribution in [3.63, 3.8) is 0 Å². The van der Waals surface area contributed by atoms with Gasteiger partial charge in [0, 0.05) is 4.90 Å². The number of amides is 1. The topological polar surface area (TPSA) is 70.9 Å². The van der Waals surface area contributed by atoms with Gasteiger partial charge in [-0.15, -0.1) is 11.8 Å². The minimum Gasteiger partial charge on any atom is -0.504 e. The zero-order valence-electron chi connectivity index (χ0n) is 13.6. The van der Waals surface area contributed by atoms with Crippen molar-refractivity contribution < 1.29 is 14.6 Å². The lowest BCUT2D eigenvalue weighted by atomic mass is 10.2. The number of benzene rings is 2. The van der Waals surface area contributed by atoms with E-state index in [2.05, 4.69) is 10.5 Å². The van der Waals surface area contributed by atoms with Crippen LogP contribution < -0.4 is 10.2 Å². The maximum atomic E-state index is 12.1. The van der Waals surface area contributed by atoms with Crippen LogP contribution in [0.5, 0.6) is 11.5 Å². The Hall–Kier alpha value is -2.47. The van der Waals surface area contributed by atoms with Gasteiger partial charge < -0.3 is 9.84 Å². The van der Waals surface area contributed by atoms with E-state index in [0.29, 0.717) is 12.4 Å². The number of hydrazone groups is 1. The highest BCUT2D eigenvalue weighted by Gasteiger charge is 2.13. The van der Waals surface area contributed by atoms with Gasteiger partial charge in [-0.3, -0.25) is 4.79 Å². The number of nitrogens with one attached hydrogen (secondary N) is 1. The van der Waals surface area contributed by atoms with Crippen LogP contribution in [-0.4, -0.2) is 29.1 Å². The van der Waals surface area contributed by atoms with E-state index in [1.807, 2.05) is 44.2 Å². The summed E-state index contributed by atoms with van der Waals surface area (Å²) in [7, 11) is 0. The Morgan fingerprint density at radius 3 is 2.79 bits per heavy atom. The van der Waals surface area contributed by atoms with E-state index in [1.54, 1.807) is 12.1 Å². The molecule has 0 aliphatic heterocycles. The molecule has 0 bridgehead atoms. The highest BCUT2D eigenvalue weighted by Crippen LogP contribution is 2.26. The Morgan fingerprint density at radius 2 is 2.08 bits per heavy atom. The molecule has 0 aliphatic carbocycles. The van der Waals surface area contributed by atoms with Crippen LogP contribution in [0.2, 0.25) is 0 Å². The molecule has 2 aromatic rings. The van der Waals surface area contributed by atoms with Gasteiger partial charge in [0.15, 0.2) is 11.5 Å². The normalized spacial score (nSPS) is 12.1. The minimum atomic E-state index is -0.261. The zero-order chi connectivity index (χ0) is 17.4. The molecule has 1 atom stereocenters. The van der Waals surface area contributed by atoms with Gasteiger partial charge in [0.05, 0.1) is 18.1 Å². The summed E-state index contributed by atoms with van der Waals surface area (Å²) in [5.41, 5.74) is 3.25. The maximum absolute atomic E-state index is 12.1. The Labute approximate surface area is 145 Å². The second-order valence-electron chi connectivity index (χ2n) is 4.97. The molecule has 1 unspecified atom stereocenters. The van der Waals surface area contributed by atoms with E-state index in [-0.39, 0.29) is 16.9 Å². The fourth-order valence-corrected chi connectivity index (χ4v) is 2.78. The SMILES string of the molecule is CCOc1cc(/C=N/NC(=O)C(C)Sc2ccccc2)ccc1O. The number of ether oxygens (including phenoxy) is 1. The molecule has 2 rings (SSSR count). The van der Waals surface area contributed by atoms with Crippen LogP contribution >= 0.6 is 11.8 Å². The summed E-state index contributed by atoms with van der Waals surface area (Å²) in [4.78, 5) is 13.1. The Balaban J connectivity index is 1.91. The number of aromatic hydroxyl groups is 1. The van der Waals surface area contributed by atoms with Crippen molar-refractivity contribution in [2.24, 2.45) is 5.10 Å². The van der Waals surface area contributed by atoms with Gasteiger partial charge in [0.2, 0.25) is 0 Å². The summed E-state index contributed by atoms with van der Waals surface area (Å²) >= 11 is 1.47. The monoisotopic (exact) mass is 344 g/mol. The molecule has 0 aromatic heterocycles. The number of hydrogen-bond donors (Lipinski definition) is 2. The molecule has 0 heterocycles. The third kappa shape index (κ3) is 5.31. The molecule has 126 valence electrons. The molecule has 24 heavy (non-hydrogen) atoms. The molecule has 0 fully saturated rings. The van der Waals surface area contributed by atoms with Crippen LogP contribution in [0.4, 0.5) is 0 Å². The first-order valence-electron chi connectivity index (χ1n) is 7.60. The van der Waals surface area contributed by atoms with Crippen LogP contribution in [0.25, 0.3) is 0 Å². The Kier molecular flexibility index (Phi) is 6.69. The molecular weight excluding hydrogens is 324 g/mol. The van der Waals surface area contributed by atoms with Gasteiger partial charge in [-0.05, 0) is 49.7 Å². The number of phenols is 1. The van der Waals surface area contributed by atoms with Crippen molar-refractivity contribution in [3.8, 4) is 11.5 Å². The third-order valence-electron chi connectivity index (χ3n) is 3.10. The molecule has 0 saturated carbocycles.